The molecule has 0 aromatic carbocycles. The zero-order valence-corrected chi connectivity index (χ0v) is 8.98. The van der Waals surface area contributed by atoms with Gasteiger partial charge in [-0.05, 0) is 24.7 Å². The first-order valence-electron chi connectivity index (χ1n) is 6.09. The molecule has 3 aliphatic rings. The monoisotopic (exact) mass is 210 g/mol. The number of ether oxygens (including phenoxy) is 2. The van der Waals surface area contributed by atoms with Gasteiger partial charge in [-0.1, -0.05) is 12.8 Å². The lowest BCUT2D eigenvalue weighted by Gasteiger charge is -2.29. The molecule has 84 valence electrons. The van der Waals surface area contributed by atoms with Gasteiger partial charge in [0.15, 0.2) is 5.79 Å². The smallest absolute Gasteiger partial charge is 0.178 e. The van der Waals surface area contributed by atoms with Crippen LogP contribution in [0.15, 0.2) is 0 Å². The summed E-state index contributed by atoms with van der Waals surface area (Å²) in [5.41, 5.74) is 0. The Hall–Kier alpha value is -0.410. The van der Waals surface area contributed by atoms with Crippen LogP contribution in [0, 0.1) is 17.8 Å². The van der Waals surface area contributed by atoms with Crippen LogP contribution < -0.4 is 0 Å². The standard InChI is InChI=1S/C12H18O3/c13-8-11-10-4-2-1-3-9(10)7-12(11)14-5-6-15-12/h8-11H,1-7H2/t9-,10+,11-/m0/s1. The van der Waals surface area contributed by atoms with Crippen molar-refractivity contribution in [1.82, 2.24) is 0 Å². The number of carbonyl (C=O) groups excluding carboxylic acids is 1. The topological polar surface area (TPSA) is 35.5 Å². The number of hydrogen-bond donors (Lipinski definition) is 0. The first-order chi connectivity index (χ1) is 7.36. The van der Waals surface area contributed by atoms with Crippen molar-refractivity contribution in [3.05, 3.63) is 0 Å². The van der Waals surface area contributed by atoms with Crippen LogP contribution in [-0.4, -0.2) is 25.3 Å². The predicted octanol–water partition coefficient (Wildman–Crippen LogP) is 1.75. The zero-order valence-electron chi connectivity index (χ0n) is 8.98. The lowest BCUT2D eigenvalue weighted by atomic mass is 9.78. The number of carbonyl (C=O) groups is 1. The Morgan fingerprint density at radius 3 is 2.60 bits per heavy atom. The number of aldehydes is 1. The number of rotatable bonds is 1. The molecule has 15 heavy (non-hydrogen) atoms. The molecular formula is C12H18O3. The maximum Gasteiger partial charge on any atom is 0.178 e. The van der Waals surface area contributed by atoms with E-state index in [4.69, 9.17) is 9.47 Å². The molecule has 3 nitrogen and oxygen atoms in total. The normalized spacial score (nSPS) is 43.1. The SMILES string of the molecule is O=C[C@H]1[C@@H]2CCCC[C@H]2CC12OCCO2. The summed E-state index contributed by atoms with van der Waals surface area (Å²) in [5.74, 6) is 0.647. The average Bonchev–Trinajstić information content (AvgIpc) is 2.83. The first-order valence-corrected chi connectivity index (χ1v) is 6.09. The quantitative estimate of drug-likeness (QED) is 0.619. The molecule has 0 aromatic heterocycles. The van der Waals surface area contributed by atoms with E-state index >= 15 is 0 Å². The van der Waals surface area contributed by atoms with Crippen molar-refractivity contribution in [2.75, 3.05) is 13.2 Å². The third-order valence-electron chi connectivity index (χ3n) is 4.41. The van der Waals surface area contributed by atoms with Crippen LogP contribution in [0.25, 0.3) is 0 Å². The Morgan fingerprint density at radius 1 is 1.13 bits per heavy atom. The second-order valence-electron chi connectivity index (χ2n) is 5.08. The summed E-state index contributed by atoms with van der Waals surface area (Å²) >= 11 is 0. The Kier molecular flexibility index (Phi) is 2.33. The molecule has 1 saturated heterocycles. The molecule has 0 radical (unpaired) electrons. The third-order valence-corrected chi connectivity index (χ3v) is 4.41. The fourth-order valence-electron chi connectivity index (χ4n) is 3.78. The molecule has 1 heterocycles. The van der Waals surface area contributed by atoms with Crippen LogP contribution >= 0.6 is 0 Å². The van der Waals surface area contributed by atoms with Crippen LogP contribution in [0.2, 0.25) is 0 Å². The molecule has 0 aromatic rings. The van der Waals surface area contributed by atoms with Crippen molar-refractivity contribution >= 4 is 6.29 Å². The van der Waals surface area contributed by atoms with Crippen LogP contribution in [0.4, 0.5) is 0 Å². The van der Waals surface area contributed by atoms with E-state index in [1.54, 1.807) is 0 Å². The van der Waals surface area contributed by atoms with E-state index in [1.807, 2.05) is 0 Å². The van der Waals surface area contributed by atoms with Gasteiger partial charge in [0.25, 0.3) is 0 Å². The largest absolute Gasteiger partial charge is 0.347 e. The molecule has 0 unspecified atom stereocenters. The molecule has 3 rings (SSSR count). The van der Waals surface area contributed by atoms with Gasteiger partial charge in [0.05, 0.1) is 19.1 Å². The second-order valence-corrected chi connectivity index (χ2v) is 5.08. The van der Waals surface area contributed by atoms with Crippen LogP contribution in [0.1, 0.15) is 32.1 Å². The van der Waals surface area contributed by atoms with Gasteiger partial charge in [-0.2, -0.15) is 0 Å². The van der Waals surface area contributed by atoms with E-state index in [2.05, 4.69) is 0 Å². The molecule has 1 aliphatic heterocycles. The van der Waals surface area contributed by atoms with Crippen molar-refractivity contribution in [2.24, 2.45) is 17.8 Å². The lowest BCUT2D eigenvalue weighted by Crippen LogP contribution is -2.37. The summed E-state index contributed by atoms with van der Waals surface area (Å²) in [6.07, 6.45) is 7.04. The third kappa shape index (κ3) is 1.36. The van der Waals surface area contributed by atoms with Crippen molar-refractivity contribution in [1.29, 1.82) is 0 Å². The van der Waals surface area contributed by atoms with E-state index < -0.39 is 5.79 Å². The molecule has 0 bridgehead atoms. The summed E-state index contributed by atoms with van der Waals surface area (Å²) in [5, 5.41) is 0. The average molecular weight is 210 g/mol. The van der Waals surface area contributed by atoms with Gasteiger partial charge in [0, 0.05) is 6.42 Å². The van der Waals surface area contributed by atoms with E-state index in [-0.39, 0.29) is 5.92 Å². The minimum absolute atomic E-state index is 0.00898. The van der Waals surface area contributed by atoms with Crippen molar-refractivity contribution in [3.8, 4) is 0 Å². The molecule has 0 N–H and O–H groups in total. The molecule has 0 amide bonds. The van der Waals surface area contributed by atoms with Gasteiger partial charge in [0.2, 0.25) is 0 Å². The summed E-state index contributed by atoms with van der Waals surface area (Å²) in [6.45, 7) is 1.31. The Balaban J connectivity index is 1.87. The highest BCUT2D eigenvalue weighted by molar-refractivity contribution is 5.57. The highest BCUT2D eigenvalue weighted by atomic mass is 16.7. The van der Waals surface area contributed by atoms with Gasteiger partial charge in [-0.15, -0.1) is 0 Å². The summed E-state index contributed by atoms with van der Waals surface area (Å²) in [6, 6.07) is 0. The van der Waals surface area contributed by atoms with Crippen molar-refractivity contribution in [2.45, 2.75) is 37.9 Å². The van der Waals surface area contributed by atoms with Crippen LogP contribution in [0.5, 0.6) is 0 Å². The molecule has 2 aliphatic carbocycles. The van der Waals surface area contributed by atoms with E-state index in [0.717, 1.165) is 12.7 Å². The maximum atomic E-state index is 11.3. The molecule has 3 atom stereocenters. The summed E-state index contributed by atoms with van der Waals surface area (Å²) in [4.78, 5) is 11.3. The van der Waals surface area contributed by atoms with Gasteiger partial charge >= 0.3 is 0 Å². The highest BCUT2D eigenvalue weighted by Crippen LogP contribution is 2.53. The zero-order chi connectivity index (χ0) is 10.3. The first kappa shape index (κ1) is 9.79. The maximum absolute atomic E-state index is 11.3. The molecule has 2 saturated carbocycles. The van der Waals surface area contributed by atoms with Gasteiger partial charge < -0.3 is 14.3 Å². The minimum Gasteiger partial charge on any atom is -0.347 e. The Labute approximate surface area is 90.1 Å². The van der Waals surface area contributed by atoms with Crippen LogP contribution in [-0.2, 0) is 14.3 Å². The summed E-state index contributed by atoms with van der Waals surface area (Å²) in [7, 11) is 0. The van der Waals surface area contributed by atoms with E-state index in [1.165, 1.54) is 25.7 Å². The fraction of sp³-hybridized carbons (Fsp3) is 0.917. The van der Waals surface area contributed by atoms with Gasteiger partial charge in [-0.3, -0.25) is 0 Å². The van der Waals surface area contributed by atoms with Gasteiger partial charge in [0.1, 0.15) is 6.29 Å². The van der Waals surface area contributed by atoms with Crippen molar-refractivity contribution < 1.29 is 14.3 Å². The number of hydrogen-bond acceptors (Lipinski definition) is 3. The molecular weight excluding hydrogens is 192 g/mol. The summed E-state index contributed by atoms with van der Waals surface area (Å²) < 4.78 is 11.5. The molecule has 1 spiro atoms. The van der Waals surface area contributed by atoms with Crippen molar-refractivity contribution in [3.63, 3.8) is 0 Å². The molecule has 3 heteroatoms. The Bertz CT molecular complexity index is 258. The fourth-order valence-corrected chi connectivity index (χ4v) is 3.78. The molecule has 3 fully saturated rings. The predicted molar refractivity (Wildman–Crippen MR) is 54.3 cm³/mol. The van der Waals surface area contributed by atoms with Gasteiger partial charge in [-0.25, -0.2) is 0 Å². The lowest BCUT2D eigenvalue weighted by molar-refractivity contribution is -0.184. The van der Waals surface area contributed by atoms with E-state index in [0.29, 0.717) is 25.0 Å². The number of fused-ring (bicyclic) bond motifs is 1. The van der Waals surface area contributed by atoms with E-state index in [9.17, 15) is 4.79 Å². The van der Waals surface area contributed by atoms with Crippen LogP contribution in [0.3, 0.4) is 0 Å². The Morgan fingerprint density at radius 2 is 1.87 bits per heavy atom. The highest BCUT2D eigenvalue weighted by Gasteiger charge is 2.57. The minimum atomic E-state index is -0.526. The second kappa shape index (κ2) is 3.56.